The zero-order valence-corrected chi connectivity index (χ0v) is 14.7. The molecule has 2 rings (SSSR count). The molecule has 0 bridgehead atoms. The van der Waals surface area contributed by atoms with Gasteiger partial charge >= 0.3 is 0 Å². The zero-order valence-electron chi connectivity index (χ0n) is 13.9. The van der Waals surface area contributed by atoms with Crippen molar-refractivity contribution in [3.05, 3.63) is 28.8 Å². The molecule has 23 heavy (non-hydrogen) atoms. The first kappa shape index (κ1) is 17.9. The Morgan fingerprint density at radius 1 is 1.30 bits per heavy atom. The average molecular weight is 339 g/mol. The summed E-state index contributed by atoms with van der Waals surface area (Å²) in [4.78, 5) is 14.7. The predicted molar refractivity (Wildman–Crippen MR) is 89.8 cm³/mol. The third-order valence-electron chi connectivity index (χ3n) is 4.60. The SMILES string of the molecule is Cc1cc(S(N)(=O)=O)cc(C(=O)NCC2CCN(C)CC2)c1C. The lowest BCUT2D eigenvalue weighted by atomic mass is 9.96. The van der Waals surface area contributed by atoms with E-state index in [1.165, 1.54) is 12.1 Å². The van der Waals surface area contributed by atoms with Crippen LogP contribution in [0.15, 0.2) is 17.0 Å². The first-order chi connectivity index (χ1) is 10.7. The fourth-order valence-corrected chi connectivity index (χ4v) is 3.45. The standard InChI is InChI=1S/C16H25N3O3S/c1-11-8-14(23(17,21)22)9-15(12(11)2)16(20)18-10-13-4-6-19(3)7-5-13/h8-9,13H,4-7,10H2,1-3H3,(H,18,20)(H2,17,21,22). The van der Waals surface area contributed by atoms with Crippen molar-refractivity contribution in [1.82, 2.24) is 10.2 Å². The summed E-state index contributed by atoms with van der Waals surface area (Å²) in [7, 11) is -1.73. The van der Waals surface area contributed by atoms with E-state index in [9.17, 15) is 13.2 Å². The van der Waals surface area contributed by atoms with E-state index in [1.807, 2.05) is 6.92 Å². The molecule has 1 amide bonds. The Hall–Kier alpha value is -1.44. The topological polar surface area (TPSA) is 92.5 Å². The summed E-state index contributed by atoms with van der Waals surface area (Å²) in [5, 5.41) is 8.12. The van der Waals surface area contributed by atoms with Gasteiger partial charge in [-0.05, 0) is 76.0 Å². The van der Waals surface area contributed by atoms with Crippen LogP contribution in [0.3, 0.4) is 0 Å². The van der Waals surface area contributed by atoms with Crippen LogP contribution in [0.4, 0.5) is 0 Å². The number of nitrogens with one attached hydrogen (secondary N) is 1. The van der Waals surface area contributed by atoms with Crippen molar-refractivity contribution in [3.8, 4) is 0 Å². The van der Waals surface area contributed by atoms with E-state index in [4.69, 9.17) is 5.14 Å². The molecule has 0 atom stereocenters. The summed E-state index contributed by atoms with van der Waals surface area (Å²) in [6.07, 6.45) is 2.12. The Bertz CT molecular complexity index is 693. The lowest BCUT2D eigenvalue weighted by molar-refractivity contribution is 0.0938. The number of primary sulfonamides is 1. The van der Waals surface area contributed by atoms with Crippen molar-refractivity contribution in [1.29, 1.82) is 0 Å². The molecular formula is C16H25N3O3S. The number of piperidine rings is 1. The number of nitrogens with zero attached hydrogens (tertiary/aromatic N) is 1. The molecule has 7 heteroatoms. The highest BCUT2D eigenvalue weighted by atomic mass is 32.2. The van der Waals surface area contributed by atoms with Gasteiger partial charge in [-0.15, -0.1) is 0 Å². The number of likely N-dealkylation sites (tertiary alicyclic amines) is 1. The minimum absolute atomic E-state index is 0.0231. The molecule has 1 saturated heterocycles. The van der Waals surface area contributed by atoms with Gasteiger partial charge in [-0.2, -0.15) is 0 Å². The van der Waals surface area contributed by atoms with Gasteiger partial charge in [0.25, 0.3) is 5.91 Å². The summed E-state index contributed by atoms with van der Waals surface area (Å²) in [6.45, 7) is 6.29. The molecule has 0 aromatic heterocycles. The third-order valence-corrected chi connectivity index (χ3v) is 5.50. The highest BCUT2D eigenvalue weighted by Gasteiger charge is 2.20. The quantitative estimate of drug-likeness (QED) is 0.857. The number of hydrogen-bond donors (Lipinski definition) is 2. The predicted octanol–water partition coefficient (Wildman–Crippen LogP) is 1.02. The summed E-state index contributed by atoms with van der Waals surface area (Å²) in [6, 6.07) is 2.86. The second kappa shape index (κ2) is 6.98. The Morgan fingerprint density at radius 3 is 2.48 bits per heavy atom. The van der Waals surface area contributed by atoms with Crippen molar-refractivity contribution in [3.63, 3.8) is 0 Å². The van der Waals surface area contributed by atoms with Gasteiger partial charge in [0.1, 0.15) is 0 Å². The summed E-state index contributed by atoms with van der Waals surface area (Å²) in [5.74, 6) is 0.230. The number of rotatable bonds is 4. The fourth-order valence-electron chi connectivity index (χ4n) is 2.82. The molecular weight excluding hydrogens is 314 g/mol. The van der Waals surface area contributed by atoms with Gasteiger partial charge in [0.2, 0.25) is 10.0 Å². The second-order valence-electron chi connectivity index (χ2n) is 6.41. The molecule has 1 aromatic rings. The molecule has 6 nitrogen and oxygen atoms in total. The van der Waals surface area contributed by atoms with E-state index in [-0.39, 0.29) is 10.8 Å². The zero-order chi connectivity index (χ0) is 17.2. The van der Waals surface area contributed by atoms with Gasteiger partial charge in [0, 0.05) is 12.1 Å². The molecule has 0 spiro atoms. The van der Waals surface area contributed by atoms with E-state index in [1.54, 1.807) is 6.92 Å². The summed E-state index contributed by atoms with van der Waals surface area (Å²) in [5.41, 5.74) is 1.89. The van der Waals surface area contributed by atoms with Crippen molar-refractivity contribution in [2.24, 2.45) is 11.1 Å². The maximum atomic E-state index is 12.4. The molecule has 1 aliphatic rings. The molecule has 0 radical (unpaired) electrons. The van der Waals surface area contributed by atoms with Crippen molar-refractivity contribution in [2.45, 2.75) is 31.6 Å². The van der Waals surface area contributed by atoms with Crippen LogP contribution in [0.25, 0.3) is 0 Å². The minimum atomic E-state index is -3.83. The molecule has 1 aliphatic heterocycles. The number of aryl methyl sites for hydroxylation is 1. The van der Waals surface area contributed by atoms with Crippen molar-refractivity contribution < 1.29 is 13.2 Å². The number of amides is 1. The summed E-state index contributed by atoms with van der Waals surface area (Å²) >= 11 is 0. The van der Waals surface area contributed by atoms with Crippen LogP contribution >= 0.6 is 0 Å². The van der Waals surface area contributed by atoms with E-state index >= 15 is 0 Å². The van der Waals surface area contributed by atoms with Crippen LogP contribution in [0.2, 0.25) is 0 Å². The average Bonchev–Trinajstić information content (AvgIpc) is 2.48. The smallest absolute Gasteiger partial charge is 0.251 e. The molecule has 1 fully saturated rings. The van der Waals surface area contributed by atoms with E-state index < -0.39 is 10.0 Å². The fraction of sp³-hybridized carbons (Fsp3) is 0.562. The molecule has 1 heterocycles. The third kappa shape index (κ3) is 4.53. The molecule has 0 aliphatic carbocycles. The van der Waals surface area contributed by atoms with Gasteiger partial charge in [-0.1, -0.05) is 0 Å². The van der Waals surface area contributed by atoms with Gasteiger partial charge in [0.05, 0.1) is 4.90 Å². The maximum Gasteiger partial charge on any atom is 0.251 e. The lowest BCUT2D eigenvalue weighted by Crippen LogP contribution is -2.37. The molecule has 3 N–H and O–H groups in total. The monoisotopic (exact) mass is 339 g/mol. The highest BCUT2D eigenvalue weighted by molar-refractivity contribution is 7.89. The van der Waals surface area contributed by atoms with Gasteiger partial charge in [0.15, 0.2) is 0 Å². The lowest BCUT2D eigenvalue weighted by Gasteiger charge is -2.29. The van der Waals surface area contributed by atoms with Crippen LogP contribution in [0.5, 0.6) is 0 Å². The van der Waals surface area contributed by atoms with Crippen molar-refractivity contribution in [2.75, 3.05) is 26.7 Å². The Kier molecular flexibility index (Phi) is 5.44. The Labute approximate surface area is 138 Å². The van der Waals surface area contributed by atoms with Crippen LogP contribution in [0.1, 0.15) is 34.3 Å². The largest absolute Gasteiger partial charge is 0.352 e. The second-order valence-corrected chi connectivity index (χ2v) is 7.98. The normalized spacial score (nSPS) is 17.2. The number of sulfonamides is 1. The number of carbonyl (C=O) groups is 1. The summed E-state index contributed by atoms with van der Waals surface area (Å²) < 4.78 is 23.1. The number of carbonyl (C=O) groups excluding carboxylic acids is 1. The Morgan fingerprint density at radius 2 is 1.91 bits per heavy atom. The maximum absolute atomic E-state index is 12.4. The number of hydrogen-bond acceptors (Lipinski definition) is 4. The van der Waals surface area contributed by atoms with Gasteiger partial charge in [-0.3, -0.25) is 4.79 Å². The number of benzene rings is 1. The van der Waals surface area contributed by atoms with Gasteiger partial charge in [-0.25, -0.2) is 13.6 Å². The molecule has 0 saturated carbocycles. The van der Waals surface area contributed by atoms with E-state index in [0.717, 1.165) is 37.1 Å². The highest BCUT2D eigenvalue weighted by Crippen LogP contribution is 2.20. The van der Waals surface area contributed by atoms with Crippen molar-refractivity contribution >= 4 is 15.9 Å². The van der Waals surface area contributed by atoms with Gasteiger partial charge < -0.3 is 10.2 Å². The molecule has 1 aromatic carbocycles. The van der Waals surface area contributed by atoms with Crippen LogP contribution in [0, 0.1) is 19.8 Å². The minimum Gasteiger partial charge on any atom is -0.352 e. The first-order valence-electron chi connectivity index (χ1n) is 7.79. The van der Waals surface area contributed by atoms with Crippen LogP contribution in [-0.2, 0) is 10.0 Å². The Balaban J connectivity index is 2.11. The van der Waals surface area contributed by atoms with E-state index in [0.29, 0.717) is 18.0 Å². The molecule has 128 valence electrons. The van der Waals surface area contributed by atoms with Crippen LogP contribution in [-0.4, -0.2) is 45.9 Å². The molecule has 0 unspecified atom stereocenters. The van der Waals surface area contributed by atoms with E-state index in [2.05, 4.69) is 17.3 Å². The van der Waals surface area contributed by atoms with Crippen LogP contribution < -0.4 is 10.5 Å². The first-order valence-corrected chi connectivity index (χ1v) is 9.34. The number of nitrogens with two attached hydrogens (primary N) is 1.